The van der Waals surface area contributed by atoms with Gasteiger partial charge in [0.2, 0.25) is 5.91 Å². The Balaban J connectivity index is 1.57. The molecule has 4 heteroatoms. The van der Waals surface area contributed by atoms with Gasteiger partial charge in [0.25, 0.3) is 0 Å². The molecule has 0 aliphatic carbocycles. The molecule has 4 rings (SSSR count). The van der Waals surface area contributed by atoms with Crippen LogP contribution >= 0.6 is 0 Å². The number of rotatable bonds is 3. The Morgan fingerprint density at radius 3 is 2.84 bits per heavy atom. The summed E-state index contributed by atoms with van der Waals surface area (Å²) < 4.78 is 5.34. The largest absolute Gasteiger partial charge is 0.497 e. The van der Waals surface area contributed by atoms with Gasteiger partial charge in [0, 0.05) is 24.0 Å². The second kappa shape index (κ2) is 6.43. The first kappa shape index (κ1) is 16.0. The van der Waals surface area contributed by atoms with Gasteiger partial charge < -0.3 is 14.5 Å². The zero-order valence-electron chi connectivity index (χ0n) is 14.9. The highest BCUT2D eigenvalue weighted by Gasteiger charge is 2.32. The molecule has 2 heterocycles. The molecule has 2 aliphatic heterocycles. The van der Waals surface area contributed by atoms with E-state index in [1.54, 1.807) is 7.11 Å². The number of methoxy groups -OCH3 is 1. The lowest BCUT2D eigenvalue weighted by Crippen LogP contribution is -2.44. The van der Waals surface area contributed by atoms with Gasteiger partial charge in [-0.25, -0.2) is 0 Å². The topological polar surface area (TPSA) is 32.8 Å². The monoisotopic (exact) mass is 336 g/mol. The molecule has 0 saturated carbocycles. The third-order valence-corrected chi connectivity index (χ3v) is 5.30. The second-order valence-corrected chi connectivity index (χ2v) is 6.97. The third-order valence-electron chi connectivity index (χ3n) is 5.30. The van der Waals surface area contributed by atoms with Gasteiger partial charge >= 0.3 is 0 Å². The van der Waals surface area contributed by atoms with E-state index in [2.05, 4.69) is 36.1 Å². The van der Waals surface area contributed by atoms with Crippen LogP contribution in [-0.2, 0) is 17.6 Å². The number of fused-ring (bicyclic) bond motifs is 2. The van der Waals surface area contributed by atoms with Crippen LogP contribution in [0.15, 0.2) is 42.5 Å². The number of carbonyl (C=O) groups excluding carboxylic acids is 1. The van der Waals surface area contributed by atoms with Crippen LogP contribution in [0.5, 0.6) is 5.75 Å². The first-order valence-electron chi connectivity index (χ1n) is 8.99. The summed E-state index contributed by atoms with van der Waals surface area (Å²) in [7, 11) is 1.69. The fraction of sp³-hybridized carbons (Fsp3) is 0.381. The number of carbonyl (C=O) groups is 1. The van der Waals surface area contributed by atoms with Crippen molar-refractivity contribution in [2.45, 2.75) is 32.2 Å². The molecule has 0 saturated heterocycles. The molecular formula is C21H24N2O2. The average Bonchev–Trinajstić information content (AvgIpc) is 2.97. The Bertz CT molecular complexity index is 802. The highest BCUT2D eigenvalue weighted by Crippen LogP contribution is 2.34. The predicted molar refractivity (Wildman–Crippen MR) is 101 cm³/mol. The van der Waals surface area contributed by atoms with Gasteiger partial charge in [-0.2, -0.15) is 0 Å². The molecule has 0 fully saturated rings. The Kier molecular flexibility index (Phi) is 4.12. The number of amides is 1. The van der Waals surface area contributed by atoms with Crippen molar-refractivity contribution in [3.05, 3.63) is 53.6 Å². The van der Waals surface area contributed by atoms with Gasteiger partial charge in [-0.1, -0.05) is 18.2 Å². The van der Waals surface area contributed by atoms with E-state index in [-0.39, 0.29) is 11.9 Å². The fourth-order valence-electron chi connectivity index (χ4n) is 4.13. The molecular weight excluding hydrogens is 312 g/mol. The summed E-state index contributed by atoms with van der Waals surface area (Å²) >= 11 is 0. The van der Waals surface area contributed by atoms with E-state index in [1.165, 1.54) is 16.8 Å². The van der Waals surface area contributed by atoms with E-state index in [4.69, 9.17) is 4.74 Å². The Labute approximate surface area is 149 Å². The molecule has 2 aromatic rings. The Hall–Kier alpha value is -2.49. The SMILES string of the molecule is COc1ccc2c(c1)CCCN2CC(=O)N1c2ccccc2C[C@H]1C. The number of ether oxygens (including phenoxy) is 1. The molecule has 0 bridgehead atoms. The van der Waals surface area contributed by atoms with E-state index >= 15 is 0 Å². The molecule has 4 nitrogen and oxygen atoms in total. The Morgan fingerprint density at radius 2 is 2.00 bits per heavy atom. The zero-order chi connectivity index (χ0) is 17.4. The number of para-hydroxylation sites is 1. The van der Waals surface area contributed by atoms with Crippen molar-refractivity contribution in [2.75, 3.05) is 30.0 Å². The zero-order valence-corrected chi connectivity index (χ0v) is 14.9. The second-order valence-electron chi connectivity index (χ2n) is 6.97. The van der Waals surface area contributed by atoms with Gasteiger partial charge in [-0.3, -0.25) is 4.79 Å². The quantitative estimate of drug-likeness (QED) is 0.861. The maximum Gasteiger partial charge on any atom is 0.246 e. The van der Waals surface area contributed by atoms with Gasteiger partial charge in [0.15, 0.2) is 0 Å². The van der Waals surface area contributed by atoms with Crippen molar-refractivity contribution >= 4 is 17.3 Å². The van der Waals surface area contributed by atoms with Crippen molar-refractivity contribution in [3.8, 4) is 5.75 Å². The number of hydrogen-bond donors (Lipinski definition) is 0. The number of anilines is 2. The van der Waals surface area contributed by atoms with Crippen molar-refractivity contribution in [1.82, 2.24) is 0 Å². The smallest absolute Gasteiger partial charge is 0.246 e. The van der Waals surface area contributed by atoms with Crippen molar-refractivity contribution < 1.29 is 9.53 Å². The van der Waals surface area contributed by atoms with Crippen LogP contribution in [0, 0.1) is 0 Å². The molecule has 130 valence electrons. The summed E-state index contributed by atoms with van der Waals surface area (Å²) in [4.78, 5) is 17.3. The molecule has 2 aliphatic rings. The first-order chi connectivity index (χ1) is 12.2. The molecule has 0 aromatic heterocycles. The molecule has 0 N–H and O–H groups in total. The minimum absolute atomic E-state index is 0.182. The Morgan fingerprint density at radius 1 is 1.16 bits per heavy atom. The molecule has 25 heavy (non-hydrogen) atoms. The fourth-order valence-corrected chi connectivity index (χ4v) is 4.13. The minimum Gasteiger partial charge on any atom is -0.497 e. The summed E-state index contributed by atoms with van der Waals surface area (Å²) in [5.74, 6) is 1.06. The maximum atomic E-state index is 13.1. The summed E-state index contributed by atoms with van der Waals surface area (Å²) in [6.07, 6.45) is 3.05. The molecule has 0 unspecified atom stereocenters. The first-order valence-corrected chi connectivity index (χ1v) is 8.99. The van der Waals surface area contributed by atoms with Crippen LogP contribution < -0.4 is 14.5 Å². The van der Waals surface area contributed by atoms with E-state index in [0.29, 0.717) is 6.54 Å². The molecule has 0 radical (unpaired) electrons. The van der Waals surface area contributed by atoms with Crippen molar-refractivity contribution in [2.24, 2.45) is 0 Å². The van der Waals surface area contributed by atoms with Crippen LogP contribution in [0.4, 0.5) is 11.4 Å². The molecule has 1 amide bonds. The van der Waals surface area contributed by atoms with Crippen molar-refractivity contribution in [3.63, 3.8) is 0 Å². The van der Waals surface area contributed by atoms with E-state index in [1.807, 2.05) is 23.1 Å². The van der Waals surface area contributed by atoms with Crippen LogP contribution in [0.2, 0.25) is 0 Å². The lowest BCUT2D eigenvalue weighted by molar-refractivity contribution is -0.117. The lowest BCUT2D eigenvalue weighted by Gasteiger charge is -2.33. The normalized spacial score (nSPS) is 18.7. The highest BCUT2D eigenvalue weighted by molar-refractivity contribution is 5.99. The van der Waals surface area contributed by atoms with Gasteiger partial charge in [-0.05, 0) is 61.6 Å². The standard InChI is InChI=1S/C21H24N2O2/c1-15-12-16-6-3-4-8-20(16)23(15)21(24)14-22-11-5-7-17-13-18(25-2)9-10-19(17)22/h3-4,6,8-10,13,15H,5,7,11-12,14H2,1-2H3/t15-/m1/s1. The third kappa shape index (κ3) is 2.86. The van der Waals surface area contributed by atoms with Crippen LogP contribution in [0.3, 0.4) is 0 Å². The summed E-state index contributed by atoms with van der Waals surface area (Å²) in [6.45, 7) is 3.49. The highest BCUT2D eigenvalue weighted by atomic mass is 16.5. The lowest BCUT2D eigenvalue weighted by atomic mass is 10.0. The van der Waals surface area contributed by atoms with Crippen LogP contribution in [0.25, 0.3) is 0 Å². The summed E-state index contributed by atoms with van der Waals surface area (Å²) in [6, 6.07) is 14.6. The maximum absolute atomic E-state index is 13.1. The van der Waals surface area contributed by atoms with E-state index < -0.39 is 0 Å². The van der Waals surface area contributed by atoms with Gasteiger partial charge in [-0.15, -0.1) is 0 Å². The summed E-state index contributed by atoms with van der Waals surface area (Å²) in [5, 5.41) is 0. The number of aryl methyl sites for hydroxylation is 1. The average molecular weight is 336 g/mol. The van der Waals surface area contributed by atoms with E-state index in [0.717, 1.165) is 37.2 Å². The summed E-state index contributed by atoms with van der Waals surface area (Å²) in [5.41, 5.74) is 4.79. The van der Waals surface area contributed by atoms with Crippen LogP contribution in [0.1, 0.15) is 24.5 Å². The number of benzene rings is 2. The van der Waals surface area contributed by atoms with Crippen molar-refractivity contribution in [1.29, 1.82) is 0 Å². The van der Waals surface area contributed by atoms with E-state index in [9.17, 15) is 4.79 Å². The number of hydrogen-bond acceptors (Lipinski definition) is 3. The minimum atomic E-state index is 0.182. The van der Waals surface area contributed by atoms with Gasteiger partial charge in [0.05, 0.1) is 13.7 Å². The molecule has 2 aromatic carbocycles. The molecule has 0 spiro atoms. The van der Waals surface area contributed by atoms with Crippen LogP contribution in [-0.4, -0.2) is 32.1 Å². The molecule has 1 atom stereocenters. The number of nitrogens with zero attached hydrogens (tertiary/aromatic N) is 2. The van der Waals surface area contributed by atoms with Gasteiger partial charge in [0.1, 0.15) is 5.75 Å². The predicted octanol–water partition coefficient (Wildman–Crippen LogP) is 3.43.